The quantitative estimate of drug-likeness (QED) is 0.475. The molecule has 5 nitrogen and oxygen atoms in total. The first-order valence-corrected chi connectivity index (χ1v) is 9.66. The number of hydrogen-bond donors (Lipinski definition) is 1. The van der Waals surface area contributed by atoms with E-state index < -0.39 is 0 Å². The summed E-state index contributed by atoms with van der Waals surface area (Å²) >= 11 is 0. The lowest BCUT2D eigenvalue weighted by molar-refractivity contribution is -0.114. The fraction of sp³-hybridized carbons (Fsp3) is 0.167. The summed E-state index contributed by atoms with van der Waals surface area (Å²) in [6, 6.07) is 22.3. The third-order valence-corrected chi connectivity index (χ3v) is 4.81. The molecule has 1 N–H and O–H groups in total. The summed E-state index contributed by atoms with van der Waals surface area (Å²) in [5.41, 5.74) is 1.89. The molecule has 0 spiro atoms. The number of nitrogens with one attached hydrogen (secondary N) is 1. The average molecular weight is 385 g/mol. The Kier molecular flexibility index (Phi) is 5.56. The average Bonchev–Trinajstić information content (AvgIpc) is 3.25. The highest BCUT2D eigenvalue weighted by Crippen LogP contribution is 2.29. The van der Waals surface area contributed by atoms with Gasteiger partial charge >= 0.3 is 0 Å². The SMILES string of the molecule is CC(=O)Nc1ccc(OC(CCn2ccnc2)c2ccc3ccccc3c2)cc1. The van der Waals surface area contributed by atoms with Gasteiger partial charge in [0.15, 0.2) is 0 Å². The minimum absolute atomic E-state index is 0.0898. The van der Waals surface area contributed by atoms with Gasteiger partial charge in [0.2, 0.25) is 5.91 Å². The van der Waals surface area contributed by atoms with Crippen LogP contribution in [0.5, 0.6) is 5.75 Å². The number of rotatable bonds is 7. The summed E-state index contributed by atoms with van der Waals surface area (Å²) in [6.07, 6.45) is 6.27. The molecule has 29 heavy (non-hydrogen) atoms. The first-order chi connectivity index (χ1) is 14.2. The van der Waals surface area contributed by atoms with Crippen molar-refractivity contribution >= 4 is 22.4 Å². The summed E-state index contributed by atoms with van der Waals surface area (Å²) < 4.78 is 8.41. The molecule has 1 atom stereocenters. The van der Waals surface area contributed by atoms with E-state index in [9.17, 15) is 4.79 Å². The van der Waals surface area contributed by atoms with Crippen molar-refractivity contribution in [3.8, 4) is 5.75 Å². The third-order valence-electron chi connectivity index (χ3n) is 4.81. The first-order valence-electron chi connectivity index (χ1n) is 9.66. The van der Waals surface area contributed by atoms with Gasteiger partial charge in [-0.15, -0.1) is 0 Å². The standard InChI is InChI=1S/C24H23N3O2/c1-18(28)26-22-8-10-23(11-9-22)29-24(12-14-27-15-13-25-17-27)21-7-6-19-4-2-3-5-20(19)16-21/h2-11,13,15-17,24H,12,14H2,1H3,(H,26,28). The van der Waals surface area contributed by atoms with Crippen LogP contribution in [0.25, 0.3) is 10.8 Å². The fourth-order valence-corrected chi connectivity index (χ4v) is 3.37. The summed E-state index contributed by atoms with van der Waals surface area (Å²) in [6.45, 7) is 2.30. The Hall–Kier alpha value is -3.60. The maximum absolute atomic E-state index is 11.2. The minimum Gasteiger partial charge on any atom is -0.486 e. The van der Waals surface area contributed by atoms with Crippen LogP contribution in [0.4, 0.5) is 5.69 Å². The van der Waals surface area contributed by atoms with Crippen LogP contribution in [-0.2, 0) is 11.3 Å². The number of aromatic nitrogens is 2. The molecule has 0 radical (unpaired) electrons. The number of aryl methyl sites for hydroxylation is 1. The normalized spacial score (nSPS) is 11.9. The zero-order valence-corrected chi connectivity index (χ0v) is 16.3. The van der Waals surface area contributed by atoms with Crippen molar-refractivity contribution in [3.05, 3.63) is 91.0 Å². The van der Waals surface area contributed by atoms with Crippen molar-refractivity contribution in [2.45, 2.75) is 26.0 Å². The molecule has 1 amide bonds. The van der Waals surface area contributed by atoms with E-state index in [4.69, 9.17) is 4.74 Å². The van der Waals surface area contributed by atoms with Crippen LogP contribution in [-0.4, -0.2) is 15.5 Å². The summed E-state index contributed by atoms with van der Waals surface area (Å²) in [5, 5.41) is 5.18. The Morgan fingerprint density at radius 3 is 2.59 bits per heavy atom. The molecule has 0 bridgehead atoms. The van der Waals surface area contributed by atoms with E-state index in [1.165, 1.54) is 17.7 Å². The molecular weight excluding hydrogens is 362 g/mol. The zero-order chi connectivity index (χ0) is 20.1. The Balaban J connectivity index is 1.57. The van der Waals surface area contributed by atoms with E-state index in [1.54, 1.807) is 6.20 Å². The molecular formula is C24H23N3O2. The minimum atomic E-state index is -0.103. The molecule has 3 aromatic carbocycles. The van der Waals surface area contributed by atoms with Gasteiger partial charge in [-0.3, -0.25) is 4.79 Å². The van der Waals surface area contributed by atoms with Crippen LogP contribution in [0.2, 0.25) is 0 Å². The Labute approximate surface area is 170 Å². The largest absolute Gasteiger partial charge is 0.486 e. The molecule has 1 unspecified atom stereocenters. The maximum atomic E-state index is 11.2. The fourth-order valence-electron chi connectivity index (χ4n) is 3.37. The van der Waals surface area contributed by atoms with Crippen LogP contribution in [0, 0.1) is 0 Å². The topological polar surface area (TPSA) is 56.1 Å². The van der Waals surface area contributed by atoms with Crippen molar-refractivity contribution in [1.29, 1.82) is 0 Å². The molecule has 0 fully saturated rings. The third kappa shape index (κ3) is 4.82. The van der Waals surface area contributed by atoms with Gasteiger partial charge < -0.3 is 14.6 Å². The number of imidazole rings is 1. The second-order valence-electron chi connectivity index (χ2n) is 7.01. The number of fused-ring (bicyclic) bond motifs is 1. The van der Waals surface area contributed by atoms with Gasteiger partial charge in [0, 0.05) is 38.0 Å². The van der Waals surface area contributed by atoms with Gasteiger partial charge in [-0.1, -0.05) is 36.4 Å². The summed E-state index contributed by atoms with van der Waals surface area (Å²) in [5.74, 6) is 0.677. The molecule has 0 saturated heterocycles. The van der Waals surface area contributed by atoms with Crippen molar-refractivity contribution in [2.75, 3.05) is 5.32 Å². The van der Waals surface area contributed by atoms with Gasteiger partial charge in [-0.25, -0.2) is 4.98 Å². The van der Waals surface area contributed by atoms with Gasteiger partial charge in [-0.05, 0) is 46.7 Å². The first kappa shape index (κ1) is 18.7. The van der Waals surface area contributed by atoms with Crippen LogP contribution in [0.15, 0.2) is 85.5 Å². The molecule has 4 rings (SSSR count). The van der Waals surface area contributed by atoms with Gasteiger partial charge in [0.25, 0.3) is 0 Å². The second kappa shape index (κ2) is 8.61. The lowest BCUT2D eigenvalue weighted by Crippen LogP contribution is -2.11. The van der Waals surface area contributed by atoms with Crippen molar-refractivity contribution in [2.24, 2.45) is 0 Å². The van der Waals surface area contributed by atoms with Gasteiger partial charge in [-0.2, -0.15) is 0 Å². The number of carbonyl (C=O) groups excluding carboxylic acids is 1. The molecule has 0 aliphatic heterocycles. The number of benzene rings is 3. The van der Waals surface area contributed by atoms with Crippen molar-refractivity contribution < 1.29 is 9.53 Å². The molecule has 1 aromatic heterocycles. The van der Waals surface area contributed by atoms with Crippen LogP contribution < -0.4 is 10.1 Å². The Bertz CT molecular complexity index is 1090. The monoisotopic (exact) mass is 385 g/mol. The smallest absolute Gasteiger partial charge is 0.221 e. The highest BCUT2D eigenvalue weighted by Gasteiger charge is 2.15. The van der Waals surface area contributed by atoms with E-state index >= 15 is 0 Å². The number of carbonyl (C=O) groups is 1. The molecule has 0 saturated carbocycles. The number of anilines is 1. The summed E-state index contributed by atoms with van der Waals surface area (Å²) in [4.78, 5) is 15.3. The molecule has 146 valence electrons. The number of amides is 1. The van der Waals surface area contributed by atoms with Crippen LogP contribution in [0.3, 0.4) is 0 Å². The summed E-state index contributed by atoms with van der Waals surface area (Å²) in [7, 11) is 0. The highest BCUT2D eigenvalue weighted by atomic mass is 16.5. The molecule has 1 heterocycles. The van der Waals surface area contributed by atoms with Crippen LogP contribution >= 0.6 is 0 Å². The molecule has 4 aromatic rings. The second-order valence-corrected chi connectivity index (χ2v) is 7.01. The van der Waals surface area contributed by atoms with Crippen LogP contribution in [0.1, 0.15) is 25.0 Å². The van der Waals surface area contributed by atoms with E-state index in [0.717, 1.165) is 30.0 Å². The number of ether oxygens (including phenoxy) is 1. The van der Waals surface area contributed by atoms with Crippen molar-refractivity contribution in [1.82, 2.24) is 9.55 Å². The lowest BCUT2D eigenvalue weighted by Gasteiger charge is -2.21. The predicted octanol–water partition coefficient (Wildman–Crippen LogP) is 5.21. The lowest BCUT2D eigenvalue weighted by atomic mass is 10.0. The predicted molar refractivity (Wildman–Crippen MR) is 115 cm³/mol. The Morgan fingerprint density at radius 1 is 1.07 bits per heavy atom. The number of hydrogen-bond acceptors (Lipinski definition) is 3. The number of nitrogens with zero attached hydrogens (tertiary/aromatic N) is 2. The van der Waals surface area contributed by atoms with E-state index in [2.05, 4.69) is 45.2 Å². The highest BCUT2D eigenvalue weighted by molar-refractivity contribution is 5.88. The van der Waals surface area contributed by atoms with Gasteiger partial charge in [0.05, 0.1) is 6.33 Å². The zero-order valence-electron chi connectivity index (χ0n) is 16.3. The van der Waals surface area contributed by atoms with Gasteiger partial charge in [0.1, 0.15) is 11.9 Å². The molecule has 0 aliphatic carbocycles. The van der Waals surface area contributed by atoms with E-state index in [0.29, 0.717) is 0 Å². The van der Waals surface area contributed by atoms with Crippen molar-refractivity contribution in [3.63, 3.8) is 0 Å². The van der Waals surface area contributed by atoms with E-state index in [1.807, 2.05) is 48.9 Å². The molecule has 5 heteroatoms. The maximum Gasteiger partial charge on any atom is 0.221 e. The molecule has 0 aliphatic rings. The van der Waals surface area contributed by atoms with E-state index in [-0.39, 0.29) is 12.0 Å². The Morgan fingerprint density at radius 2 is 1.86 bits per heavy atom.